The summed E-state index contributed by atoms with van der Waals surface area (Å²) in [7, 11) is 3.61. The van der Waals surface area contributed by atoms with Crippen LogP contribution >= 0.6 is 22.9 Å². The van der Waals surface area contributed by atoms with Crippen molar-refractivity contribution >= 4 is 34.5 Å². The summed E-state index contributed by atoms with van der Waals surface area (Å²) >= 11 is 7.70. The Balaban J connectivity index is 2.08. The van der Waals surface area contributed by atoms with Crippen LogP contribution in [-0.4, -0.2) is 31.4 Å². The molecule has 0 saturated heterocycles. The number of carbonyl (C=O) groups is 1. The molecular weight excluding hydrogens is 292 g/mol. The Hall–Kier alpha value is -1.52. The summed E-state index contributed by atoms with van der Waals surface area (Å²) in [6.45, 7) is 0.689. The van der Waals surface area contributed by atoms with E-state index in [-0.39, 0.29) is 5.91 Å². The molecule has 3 nitrogen and oxygen atoms in total. The summed E-state index contributed by atoms with van der Waals surface area (Å²) in [6, 6.07) is 9.41. The Morgan fingerprint density at radius 1 is 1.40 bits per heavy atom. The van der Waals surface area contributed by atoms with Gasteiger partial charge in [-0.2, -0.15) is 0 Å². The van der Waals surface area contributed by atoms with Gasteiger partial charge in [0.1, 0.15) is 0 Å². The molecule has 0 aliphatic rings. The van der Waals surface area contributed by atoms with Gasteiger partial charge in [0.15, 0.2) is 0 Å². The van der Waals surface area contributed by atoms with Gasteiger partial charge in [-0.25, -0.2) is 0 Å². The van der Waals surface area contributed by atoms with E-state index >= 15 is 0 Å². The molecule has 0 saturated carbocycles. The van der Waals surface area contributed by atoms with Crippen LogP contribution in [-0.2, 0) is 6.42 Å². The number of likely N-dealkylation sites (N-methyl/N-ethyl adjacent to an activating group) is 1. The van der Waals surface area contributed by atoms with Crippen LogP contribution in [0.5, 0.6) is 0 Å². The van der Waals surface area contributed by atoms with Crippen LogP contribution in [0.25, 0.3) is 0 Å². The van der Waals surface area contributed by atoms with Gasteiger partial charge in [-0.1, -0.05) is 17.7 Å². The lowest BCUT2D eigenvalue weighted by molar-refractivity contribution is 0.0798. The van der Waals surface area contributed by atoms with E-state index in [2.05, 4.69) is 11.4 Å². The standard InChI is InChI=1S/C15H17ClN2OS/c1-17-14-6-5-11(16)10-13(14)15(19)18(2)8-7-12-4-3-9-20-12/h3-6,9-10,17H,7-8H2,1-2H3. The second kappa shape index (κ2) is 6.77. The number of halogens is 1. The third-order valence-corrected chi connectivity index (χ3v) is 4.27. The van der Waals surface area contributed by atoms with Crippen molar-refractivity contribution in [2.45, 2.75) is 6.42 Å². The van der Waals surface area contributed by atoms with Crippen LogP contribution in [0.1, 0.15) is 15.2 Å². The van der Waals surface area contributed by atoms with E-state index in [4.69, 9.17) is 11.6 Å². The molecule has 1 aromatic carbocycles. The van der Waals surface area contributed by atoms with Crippen LogP contribution < -0.4 is 5.32 Å². The Kier molecular flexibility index (Phi) is 5.04. The number of thiophene rings is 1. The molecule has 0 bridgehead atoms. The Bertz CT molecular complexity index is 584. The first-order valence-electron chi connectivity index (χ1n) is 6.37. The fourth-order valence-electron chi connectivity index (χ4n) is 1.95. The first kappa shape index (κ1) is 14.9. The van der Waals surface area contributed by atoms with Crippen molar-refractivity contribution in [3.63, 3.8) is 0 Å². The first-order valence-corrected chi connectivity index (χ1v) is 7.62. The molecule has 106 valence electrons. The number of nitrogens with one attached hydrogen (secondary N) is 1. The van der Waals surface area contributed by atoms with Gasteiger partial charge in [-0.05, 0) is 36.1 Å². The van der Waals surface area contributed by atoms with Gasteiger partial charge >= 0.3 is 0 Å². The van der Waals surface area contributed by atoms with E-state index in [9.17, 15) is 4.79 Å². The van der Waals surface area contributed by atoms with Gasteiger partial charge in [0.2, 0.25) is 0 Å². The highest BCUT2D eigenvalue weighted by molar-refractivity contribution is 7.09. The maximum Gasteiger partial charge on any atom is 0.255 e. The molecule has 1 amide bonds. The van der Waals surface area contributed by atoms with Crippen LogP contribution in [0.15, 0.2) is 35.7 Å². The molecule has 1 N–H and O–H groups in total. The molecule has 0 radical (unpaired) electrons. The molecule has 2 rings (SSSR count). The zero-order valence-corrected chi connectivity index (χ0v) is 13.1. The quantitative estimate of drug-likeness (QED) is 0.912. The van der Waals surface area contributed by atoms with Gasteiger partial charge in [0.05, 0.1) is 5.56 Å². The molecule has 0 spiro atoms. The Morgan fingerprint density at radius 3 is 2.85 bits per heavy atom. The molecular formula is C15H17ClN2OS. The van der Waals surface area contributed by atoms with Crippen LogP contribution in [0.2, 0.25) is 5.02 Å². The Morgan fingerprint density at radius 2 is 2.20 bits per heavy atom. The SMILES string of the molecule is CNc1ccc(Cl)cc1C(=O)N(C)CCc1cccs1. The highest BCUT2D eigenvalue weighted by Gasteiger charge is 2.16. The van der Waals surface area contributed by atoms with Crippen molar-refractivity contribution in [2.75, 3.05) is 26.0 Å². The fraction of sp³-hybridized carbons (Fsp3) is 0.267. The average Bonchev–Trinajstić information content (AvgIpc) is 2.97. The number of amides is 1. The summed E-state index contributed by atoms with van der Waals surface area (Å²) in [5.74, 6) is -0.0200. The van der Waals surface area contributed by atoms with Crippen LogP contribution in [0.3, 0.4) is 0 Å². The lowest BCUT2D eigenvalue weighted by Crippen LogP contribution is -2.29. The van der Waals surface area contributed by atoms with E-state index in [1.165, 1.54) is 4.88 Å². The number of hydrogen-bond donors (Lipinski definition) is 1. The number of carbonyl (C=O) groups excluding carboxylic acids is 1. The van der Waals surface area contributed by atoms with Gasteiger partial charge in [0, 0.05) is 36.2 Å². The molecule has 5 heteroatoms. The van der Waals surface area contributed by atoms with Crippen LogP contribution in [0.4, 0.5) is 5.69 Å². The van der Waals surface area contributed by atoms with Crippen LogP contribution in [0, 0.1) is 0 Å². The molecule has 1 aromatic heterocycles. The van der Waals surface area contributed by atoms with Gasteiger partial charge in [0.25, 0.3) is 5.91 Å². The normalized spacial score (nSPS) is 10.3. The highest BCUT2D eigenvalue weighted by atomic mass is 35.5. The number of anilines is 1. The average molecular weight is 309 g/mol. The van der Waals surface area contributed by atoms with Crippen molar-refractivity contribution < 1.29 is 4.79 Å². The third kappa shape index (κ3) is 3.52. The van der Waals surface area contributed by atoms with Crippen molar-refractivity contribution in [1.29, 1.82) is 0 Å². The predicted molar refractivity (Wildman–Crippen MR) is 86.0 cm³/mol. The van der Waals surface area contributed by atoms with E-state index < -0.39 is 0 Å². The van der Waals surface area contributed by atoms with Crippen molar-refractivity contribution in [1.82, 2.24) is 4.90 Å². The number of benzene rings is 1. The second-order valence-corrected chi connectivity index (χ2v) is 5.96. The van der Waals surface area contributed by atoms with E-state index in [0.29, 0.717) is 17.1 Å². The summed E-state index contributed by atoms with van der Waals surface area (Å²) < 4.78 is 0. The molecule has 20 heavy (non-hydrogen) atoms. The second-order valence-electron chi connectivity index (χ2n) is 4.50. The molecule has 0 atom stereocenters. The molecule has 0 unspecified atom stereocenters. The lowest BCUT2D eigenvalue weighted by Gasteiger charge is -2.19. The minimum atomic E-state index is -0.0200. The summed E-state index contributed by atoms with van der Waals surface area (Å²) in [4.78, 5) is 15.5. The van der Waals surface area contributed by atoms with Gasteiger partial charge in [-0.15, -0.1) is 11.3 Å². The third-order valence-electron chi connectivity index (χ3n) is 3.10. The number of hydrogen-bond acceptors (Lipinski definition) is 3. The Labute approximate surface area is 128 Å². The lowest BCUT2D eigenvalue weighted by atomic mass is 10.1. The predicted octanol–water partition coefficient (Wildman–Crippen LogP) is 3.76. The monoisotopic (exact) mass is 308 g/mol. The van der Waals surface area contributed by atoms with Crippen molar-refractivity contribution in [3.8, 4) is 0 Å². The van der Waals surface area contributed by atoms with E-state index in [1.807, 2.05) is 24.6 Å². The zero-order valence-electron chi connectivity index (χ0n) is 11.5. The first-order chi connectivity index (χ1) is 9.61. The molecule has 0 fully saturated rings. The summed E-state index contributed by atoms with van der Waals surface area (Å²) in [5, 5.41) is 5.64. The maximum absolute atomic E-state index is 12.5. The largest absolute Gasteiger partial charge is 0.387 e. The zero-order chi connectivity index (χ0) is 14.5. The number of nitrogens with zero attached hydrogens (tertiary/aromatic N) is 1. The topological polar surface area (TPSA) is 32.3 Å². The summed E-state index contributed by atoms with van der Waals surface area (Å²) in [6.07, 6.45) is 0.870. The molecule has 0 aliphatic carbocycles. The molecule has 1 heterocycles. The van der Waals surface area contributed by atoms with Crippen molar-refractivity contribution in [3.05, 3.63) is 51.2 Å². The van der Waals surface area contributed by atoms with Crippen molar-refractivity contribution in [2.24, 2.45) is 0 Å². The highest BCUT2D eigenvalue weighted by Crippen LogP contribution is 2.22. The van der Waals surface area contributed by atoms with E-state index in [0.717, 1.165) is 12.1 Å². The summed E-state index contributed by atoms with van der Waals surface area (Å²) in [5.41, 5.74) is 1.40. The number of rotatable bonds is 5. The molecule has 0 aliphatic heterocycles. The van der Waals surface area contributed by atoms with Gasteiger partial charge < -0.3 is 10.2 Å². The smallest absolute Gasteiger partial charge is 0.255 e. The fourth-order valence-corrected chi connectivity index (χ4v) is 2.82. The minimum absolute atomic E-state index is 0.0200. The minimum Gasteiger partial charge on any atom is -0.387 e. The van der Waals surface area contributed by atoms with E-state index in [1.54, 1.807) is 35.4 Å². The maximum atomic E-state index is 12.5. The van der Waals surface area contributed by atoms with Gasteiger partial charge in [-0.3, -0.25) is 4.79 Å². The molecule has 2 aromatic rings.